The van der Waals surface area contributed by atoms with Crippen molar-refractivity contribution in [2.24, 2.45) is 0 Å². The third-order valence-electron chi connectivity index (χ3n) is 3.69. The highest BCUT2D eigenvalue weighted by Crippen LogP contribution is 2.20. The van der Waals surface area contributed by atoms with Crippen LogP contribution in [0.2, 0.25) is 0 Å². The van der Waals surface area contributed by atoms with Gasteiger partial charge in [-0.25, -0.2) is 4.79 Å². The van der Waals surface area contributed by atoms with Crippen LogP contribution in [0.25, 0.3) is 0 Å². The summed E-state index contributed by atoms with van der Waals surface area (Å²) in [5.74, 6) is -0.220. The number of ketones is 1. The molecule has 0 atom stereocenters. The number of rotatable bonds is 6. The van der Waals surface area contributed by atoms with Gasteiger partial charge in [0.1, 0.15) is 0 Å². The van der Waals surface area contributed by atoms with Crippen LogP contribution >= 0.6 is 11.3 Å². The molecule has 7 heteroatoms. The third kappa shape index (κ3) is 3.80. The summed E-state index contributed by atoms with van der Waals surface area (Å²) in [6, 6.07) is 10.5. The highest BCUT2D eigenvalue weighted by molar-refractivity contribution is 7.12. The molecule has 0 unspecified atom stereocenters. The molecule has 2 aromatic rings. The molecule has 24 heavy (non-hydrogen) atoms. The fourth-order valence-corrected chi connectivity index (χ4v) is 3.15. The molecule has 3 rings (SSSR count). The van der Waals surface area contributed by atoms with Gasteiger partial charge in [-0.15, -0.1) is 11.3 Å². The maximum atomic E-state index is 11.9. The molecule has 3 amide bonds. The van der Waals surface area contributed by atoms with Gasteiger partial charge in [0.05, 0.1) is 4.88 Å². The summed E-state index contributed by atoms with van der Waals surface area (Å²) < 4.78 is 0. The second-order valence-corrected chi connectivity index (χ2v) is 6.33. The summed E-state index contributed by atoms with van der Waals surface area (Å²) in [5.41, 5.74) is 1.43. The van der Waals surface area contributed by atoms with Crippen LogP contribution in [0.1, 0.15) is 22.5 Å². The molecule has 2 heterocycles. The molecular formula is C17H17N3O3S. The molecule has 1 aliphatic rings. The average Bonchev–Trinajstić information content (AvgIpc) is 3.25. The van der Waals surface area contributed by atoms with Crippen LogP contribution < -0.4 is 15.5 Å². The predicted molar refractivity (Wildman–Crippen MR) is 93.7 cm³/mol. The molecule has 1 fully saturated rings. The van der Waals surface area contributed by atoms with E-state index in [-0.39, 0.29) is 30.6 Å². The fourth-order valence-electron chi connectivity index (χ4n) is 2.45. The van der Waals surface area contributed by atoms with Crippen molar-refractivity contribution in [2.75, 3.05) is 23.3 Å². The zero-order valence-electron chi connectivity index (χ0n) is 13.0. The number of hydrogen-bond acceptors (Lipinski definition) is 4. The Balaban J connectivity index is 1.51. The first-order valence-corrected chi connectivity index (χ1v) is 8.53. The lowest BCUT2D eigenvalue weighted by atomic mass is 10.2. The summed E-state index contributed by atoms with van der Waals surface area (Å²) in [7, 11) is 0. The first-order valence-electron chi connectivity index (χ1n) is 7.65. The number of Topliss-reactive ketones (excluding diaryl/α,β-unsaturated/α-hetero) is 1. The molecule has 0 aliphatic carbocycles. The number of carbonyl (C=O) groups excluding carboxylic acids is 3. The number of anilines is 2. The van der Waals surface area contributed by atoms with E-state index in [9.17, 15) is 14.4 Å². The van der Waals surface area contributed by atoms with E-state index in [0.29, 0.717) is 23.7 Å². The van der Waals surface area contributed by atoms with Crippen molar-refractivity contribution in [2.45, 2.75) is 12.8 Å². The first kappa shape index (κ1) is 16.2. The molecule has 0 bridgehead atoms. The number of hydrogen-bond donors (Lipinski definition) is 2. The Kier molecular flexibility index (Phi) is 4.90. The Labute approximate surface area is 143 Å². The molecule has 0 radical (unpaired) electrons. The molecule has 1 aliphatic heterocycles. The van der Waals surface area contributed by atoms with Gasteiger partial charge in [0.15, 0.2) is 5.78 Å². The SMILES string of the molecule is O=C(CCC(=O)c1cccs1)Nc1ccc(N2CCNC2=O)cc1. The fraction of sp³-hybridized carbons (Fsp3) is 0.235. The quantitative estimate of drug-likeness (QED) is 0.792. The smallest absolute Gasteiger partial charge is 0.321 e. The largest absolute Gasteiger partial charge is 0.336 e. The molecular weight excluding hydrogens is 326 g/mol. The lowest BCUT2D eigenvalue weighted by Crippen LogP contribution is -2.27. The zero-order valence-corrected chi connectivity index (χ0v) is 13.8. The van der Waals surface area contributed by atoms with E-state index >= 15 is 0 Å². The Bertz CT molecular complexity index is 741. The van der Waals surface area contributed by atoms with Crippen molar-refractivity contribution in [3.8, 4) is 0 Å². The number of carbonyl (C=O) groups is 3. The second kappa shape index (κ2) is 7.27. The van der Waals surface area contributed by atoms with Crippen molar-refractivity contribution >= 4 is 40.4 Å². The van der Waals surface area contributed by atoms with Gasteiger partial charge in [-0.05, 0) is 35.7 Å². The Morgan fingerprint density at radius 1 is 1.17 bits per heavy atom. The number of nitrogens with zero attached hydrogens (tertiary/aromatic N) is 1. The standard InChI is InChI=1S/C17H17N3O3S/c21-14(15-2-1-11-24-15)7-8-16(22)19-12-3-5-13(6-4-12)20-10-9-18-17(20)23/h1-6,11H,7-10H2,(H,18,23)(H,19,22). The molecule has 1 aromatic heterocycles. The van der Waals surface area contributed by atoms with Gasteiger partial charge in [0.25, 0.3) is 0 Å². The number of urea groups is 1. The van der Waals surface area contributed by atoms with Gasteiger partial charge in [0, 0.05) is 37.3 Å². The first-order chi connectivity index (χ1) is 11.6. The monoisotopic (exact) mass is 343 g/mol. The van der Waals surface area contributed by atoms with Gasteiger partial charge in [-0.2, -0.15) is 0 Å². The maximum Gasteiger partial charge on any atom is 0.321 e. The Morgan fingerprint density at radius 3 is 2.58 bits per heavy atom. The summed E-state index contributed by atoms with van der Waals surface area (Å²) >= 11 is 1.38. The maximum absolute atomic E-state index is 11.9. The normalized spacial score (nSPS) is 13.7. The Morgan fingerprint density at radius 2 is 1.96 bits per heavy atom. The average molecular weight is 343 g/mol. The van der Waals surface area contributed by atoms with E-state index < -0.39 is 0 Å². The summed E-state index contributed by atoms with van der Waals surface area (Å²) in [4.78, 5) is 37.7. The minimum Gasteiger partial charge on any atom is -0.336 e. The van der Waals surface area contributed by atoms with E-state index in [1.54, 1.807) is 35.2 Å². The van der Waals surface area contributed by atoms with Crippen LogP contribution in [0.15, 0.2) is 41.8 Å². The molecule has 1 saturated heterocycles. The summed E-state index contributed by atoms with van der Waals surface area (Å²) in [6.07, 6.45) is 0.339. The van der Waals surface area contributed by atoms with E-state index in [1.807, 2.05) is 11.4 Å². The highest BCUT2D eigenvalue weighted by atomic mass is 32.1. The van der Waals surface area contributed by atoms with Gasteiger partial charge < -0.3 is 10.6 Å². The molecule has 6 nitrogen and oxygen atoms in total. The van der Waals surface area contributed by atoms with Crippen LogP contribution in [0, 0.1) is 0 Å². The van der Waals surface area contributed by atoms with Gasteiger partial charge in [0.2, 0.25) is 5.91 Å². The molecule has 1 aromatic carbocycles. The lowest BCUT2D eigenvalue weighted by Gasteiger charge is -2.14. The van der Waals surface area contributed by atoms with Crippen LogP contribution in [-0.2, 0) is 4.79 Å². The summed E-state index contributed by atoms with van der Waals surface area (Å²) in [5, 5.41) is 7.35. The molecule has 0 saturated carbocycles. The van der Waals surface area contributed by atoms with E-state index in [1.165, 1.54) is 11.3 Å². The second-order valence-electron chi connectivity index (χ2n) is 5.38. The lowest BCUT2D eigenvalue weighted by molar-refractivity contribution is -0.116. The topological polar surface area (TPSA) is 78.5 Å². The van der Waals surface area contributed by atoms with Crippen molar-refractivity contribution in [1.29, 1.82) is 0 Å². The van der Waals surface area contributed by atoms with Crippen molar-refractivity contribution < 1.29 is 14.4 Å². The predicted octanol–water partition coefficient (Wildman–Crippen LogP) is 2.88. The van der Waals surface area contributed by atoms with Crippen molar-refractivity contribution in [3.63, 3.8) is 0 Å². The van der Waals surface area contributed by atoms with Crippen molar-refractivity contribution in [3.05, 3.63) is 46.7 Å². The summed E-state index contributed by atoms with van der Waals surface area (Å²) in [6.45, 7) is 1.27. The number of nitrogens with one attached hydrogen (secondary N) is 2. The minimum atomic E-state index is -0.202. The van der Waals surface area contributed by atoms with E-state index in [2.05, 4.69) is 10.6 Å². The molecule has 2 N–H and O–H groups in total. The Hall–Kier alpha value is -2.67. The van der Waals surface area contributed by atoms with Gasteiger partial charge in [-0.1, -0.05) is 6.07 Å². The third-order valence-corrected chi connectivity index (χ3v) is 4.61. The molecule has 124 valence electrons. The number of benzene rings is 1. The van der Waals surface area contributed by atoms with Crippen molar-refractivity contribution in [1.82, 2.24) is 5.32 Å². The number of amides is 3. The van der Waals surface area contributed by atoms with E-state index in [0.717, 1.165) is 5.69 Å². The van der Waals surface area contributed by atoms with Crippen LogP contribution in [0.5, 0.6) is 0 Å². The van der Waals surface area contributed by atoms with Gasteiger partial charge >= 0.3 is 6.03 Å². The number of thiophene rings is 1. The van der Waals surface area contributed by atoms with Crippen LogP contribution in [0.4, 0.5) is 16.2 Å². The van der Waals surface area contributed by atoms with E-state index in [4.69, 9.17) is 0 Å². The molecule has 0 spiro atoms. The highest BCUT2D eigenvalue weighted by Gasteiger charge is 2.20. The zero-order chi connectivity index (χ0) is 16.9. The minimum absolute atomic E-state index is 0.0180. The van der Waals surface area contributed by atoms with Crippen LogP contribution in [-0.4, -0.2) is 30.8 Å². The van der Waals surface area contributed by atoms with Crippen LogP contribution in [0.3, 0.4) is 0 Å². The van der Waals surface area contributed by atoms with Gasteiger partial charge in [-0.3, -0.25) is 14.5 Å².